The highest BCUT2D eigenvalue weighted by Gasteiger charge is 2.50. The molecule has 1 aliphatic heterocycles. The van der Waals surface area contributed by atoms with Crippen LogP contribution >= 0.6 is 23.2 Å². The summed E-state index contributed by atoms with van der Waals surface area (Å²) in [5.74, 6) is 3.03. The van der Waals surface area contributed by atoms with Crippen LogP contribution in [0.2, 0.25) is 10.0 Å². The van der Waals surface area contributed by atoms with Gasteiger partial charge in [-0.3, -0.25) is 4.57 Å². The van der Waals surface area contributed by atoms with Crippen molar-refractivity contribution in [2.75, 3.05) is 18.0 Å². The van der Waals surface area contributed by atoms with Crippen LogP contribution in [0.4, 0.5) is 5.95 Å². The highest BCUT2D eigenvalue weighted by molar-refractivity contribution is 6.35. The van der Waals surface area contributed by atoms with E-state index in [0.29, 0.717) is 21.8 Å². The fraction of sp³-hybridized carbons (Fsp3) is 0.480. The average Bonchev–Trinajstić information content (AvgIpc) is 3.51. The van der Waals surface area contributed by atoms with Crippen molar-refractivity contribution in [3.8, 4) is 5.88 Å². The molecular weight excluding hydrogens is 457 g/mol. The van der Waals surface area contributed by atoms with Gasteiger partial charge in [-0.2, -0.15) is 0 Å². The van der Waals surface area contributed by atoms with E-state index >= 15 is 0 Å². The monoisotopic (exact) mass is 485 g/mol. The van der Waals surface area contributed by atoms with Crippen LogP contribution in [0.1, 0.15) is 50.9 Å². The third kappa shape index (κ3) is 4.56. The fourth-order valence-corrected chi connectivity index (χ4v) is 5.18. The third-order valence-corrected chi connectivity index (χ3v) is 7.04. The molecule has 5 rings (SSSR count). The Labute approximate surface area is 204 Å². The maximum Gasteiger partial charge on any atom is 0.232 e. The Balaban J connectivity index is 1.34. The normalized spacial score (nSPS) is 18.0. The smallest absolute Gasteiger partial charge is 0.232 e. The molecule has 1 saturated carbocycles. The zero-order chi connectivity index (χ0) is 23.0. The first-order valence-corrected chi connectivity index (χ1v) is 12.4. The lowest BCUT2D eigenvalue weighted by Gasteiger charge is -2.33. The molecular formula is C25H29Cl2N5O. The maximum atomic E-state index is 6.24. The van der Waals surface area contributed by atoms with Crippen molar-refractivity contribution in [2.45, 2.75) is 57.6 Å². The molecule has 0 radical (unpaired) electrons. The maximum absolute atomic E-state index is 6.24. The molecule has 0 unspecified atom stereocenters. The number of benzene rings is 1. The Morgan fingerprint density at radius 2 is 1.82 bits per heavy atom. The Morgan fingerprint density at radius 3 is 2.45 bits per heavy atom. The van der Waals surface area contributed by atoms with E-state index in [9.17, 15) is 0 Å². The summed E-state index contributed by atoms with van der Waals surface area (Å²) in [7, 11) is 0. The van der Waals surface area contributed by atoms with Crippen molar-refractivity contribution < 1.29 is 4.74 Å². The Hall–Kier alpha value is -2.31. The first kappa shape index (κ1) is 22.5. The van der Waals surface area contributed by atoms with Crippen molar-refractivity contribution in [1.29, 1.82) is 0 Å². The second kappa shape index (κ2) is 9.15. The summed E-state index contributed by atoms with van der Waals surface area (Å²) < 4.78 is 8.44. The Kier molecular flexibility index (Phi) is 6.23. The number of piperidine rings is 1. The van der Waals surface area contributed by atoms with Crippen molar-refractivity contribution in [2.24, 2.45) is 5.92 Å². The van der Waals surface area contributed by atoms with Gasteiger partial charge in [0.25, 0.3) is 0 Å². The lowest BCUT2D eigenvalue weighted by molar-refractivity contribution is 0.163. The number of halogens is 2. The molecule has 1 aliphatic carbocycles. The summed E-state index contributed by atoms with van der Waals surface area (Å²) >= 11 is 12.2. The van der Waals surface area contributed by atoms with Crippen LogP contribution < -0.4 is 9.64 Å². The molecule has 33 heavy (non-hydrogen) atoms. The summed E-state index contributed by atoms with van der Waals surface area (Å²) in [4.78, 5) is 6.58. The van der Waals surface area contributed by atoms with E-state index < -0.39 is 0 Å². The predicted octanol–water partition coefficient (Wildman–Crippen LogP) is 5.76. The molecule has 8 heteroatoms. The Morgan fingerprint density at radius 1 is 1.09 bits per heavy atom. The van der Waals surface area contributed by atoms with Crippen LogP contribution in [0.3, 0.4) is 0 Å². The van der Waals surface area contributed by atoms with Crippen LogP contribution in [0.25, 0.3) is 0 Å². The Bertz CT molecular complexity index is 1110. The van der Waals surface area contributed by atoms with Gasteiger partial charge >= 0.3 is 0 Å². The summed E-state index contributed by atoms with van der Waals surface area (Å²) in [5, 5.41) is 10.4. The molecule has 6 nitrogen and oxygen atoms in total. The molecule has 0 amide bonds. The van der Waals surface area contributed by atoms with Gasteiger partial charge in [-0.25, -0.2) is 4.98 Å². The lowest BCUT2D eigenvalue weighted by atomic mass is 9.95. The average molecular weight is 486 g/mol. The van der Waals surface area contributed by atoms with Gasteiger partial charge < -0.3 is 9.64 Å². The predicted molar refractivity (Wildman–Crippen MR) is 131 cm³/mol. The number of anilines is 1. The molecule has 174 valence electrons. The minimum Gasteiger partial charge on any atom is -0.473 e. The van der Waals surface area contributed by atoms with E-state index in [1.54, 1.807) is 12.3 Å². The largest absolute Gasteiger partial charge is 0.473 e. The standard InChI is InChI=1S/C25H29Cl2N5O/c1-17(2)16-32-23(25(10-11-25)18-6-4-3-5-7-18)29-30-24(32)31-12-8-20(9-13-31)33-22-21(27)14-19(26)15-28-22/h3-7,14-15,17,20H,8-13,16H2,1-2H3. The van der Waals surface area contributed by atoms with Gasteiger partial charge in [0.2, 0.25) is 11.8 Å². The minimum absolute atomic E-state index is 0.000164. The summed E-state index contributed by atoms with van der Waals surface area (Å²) in [6.07, 6.45) is 5.61. The summed E-state index contributed by atoms with van der Waals surface area (Å²) in [6, 6.07) is 12.4. The fourth-order valence-electron chi connectivity index (χ4n) is 4.76. The van der Waals surface area contributed by atoms with Gasteiger partial charge in [-0.05, 0) is 30.4 Å². The minimum atomic E-state index is -0.000164. The number of rotatable bonds is 7. The zero-order valence-electron chi connectivity index (χ0n) is 19.0. The van der Waals surface area contributed by atoms with Gasteiger partial charge in [0.05, 0.1) is 10.4 Å². The SMILES string of the molecule is CC(C)Cn1c(N2CCC(Oc3ncc(Cl)cc3Cl)CC2)nnc1C1(c2ccccc2)CC1. The number of ether oxygens (including phenoxy) is 1. The number of aromatic nitrogens is 4. The van der Waals surface area contributed by atoms with Crippen LogP contribution in [-0.2, 0) is 12.0 Å². The molecule has 1 saturated heterocycles. The second-order valence-corrected chi connectivity index (χ2v) is 10.4. The van der Waals surface area contributed by atoms with E-state index in [4.69, 9.17) is 38.1 Å². The van der Waals surface area contributed by atoms with Crippen LogP contribution in [-0.4, -0.2) is 38.9 Å². The number of nitrogens with zero attached hydrogens (tertiary/aromatic N) is 5. The molecule has 3 aromatic rings. The summed E-state index contributed by atoms with van der Waals surface area (Å²) in [5.41, 5.74) is 1.34. The molecule has 1 aromatic carbocycles. The van der Waals surface area contributed by atoms with Crippen LogP contribution in [0.5, 0.6) is 5.88 Å². The molecule has 2 aliphatic rings. The van der Waals surface area contributed by atoms with Crippen molar-refractivity contribution >= 4 is 29.2 Å². The van der Waals surface area contributed by atoms with Gasteiger partial charge in [-0.1, -0.05) is 67.4 Å². The van der Waals surface area contributed by atoms with E-state index in [-0.39, 0.29) is 11.5 Å². The van der Waals surface area contributed by atoms with Crippen LogP contribution in [0, 0.1) is 5.92 Å². The molecule has 0 atom stereocenters. The van der Waals surface area contributed by atoms with Crippen molar-refractivity contribution in [3.63, 3.8) is 0 Å². The highest BCUT2D eigenvalue weighted by Crippen LogP contribution is 2.53. The lowest BCUT2D eigenvalue weighted by Crippen LogP contribution is -2.40. The summed E-state index contributed by atoms with van der Waals surface area (Å²) in [6.45, 7) is 7.11. The topological polar surface area (TPSA) is 56.1 Å². The van der Waals surface area contributed by atoms with E-state index in [2.05, 4.69) is 58.6 Å². The number of hydrogen-bond acceptors (Lipinski definition) is 5. The van der Waals surface area contributed by atoms with Gasteiger partial charge in [0.15, 0.2) is 0 Å². The quantitative estimate of drug-likeness (QED) is 0.425. The second-order valence-electron chi connectivity index (χ2n) is 9.52. The van der Waals surface area contributed by atoms with Crippen molar-refractivity contribution in [1.82, 2.24) is 19.7 Å². The molecule has 0 spiro atoms. The first-order chi connectivity index (χ1) is 16.0. The van der Waals surface area contributed by atoms with E-state index in [1.165, 1.54) is 5.56 Å². The molecule has 0 bridgehead atoms. The zero-order valence-corrected chi connectivity index (χ0v) is 20.6. The number of hydrogen-bond donors (Lipinski definition) is 0. The third-order valence-electron chi connectivity index (χ3n) is 6.56. The number of pyridine rings is 1. The highest BCUT2D eigenvalue weighted by atomic mass is 35.5. The van der Waals surface area contributed by atoms with Crippen molar-refractivity contribution in [3.05, 3.63) is 64.0 Å². The van der Waals surface area contributed by atoms with E-state index in [1.807, 2.05) is 0 Å². The molecule has 3 heterocycles. The van der Waals surface area contributed by atoms with E-state index in [0.717, 1.165) is 57.1 Å². The molecule has 2 fully saturated rings. The van der Waals surface area contributed by atoms with Gasteiger partial charge in [0, 0.05) is 38.7 Å². The van der Waals surface area contributed by atoms with Gasteiger partial charge in [0.1, 0.15) is 17.0 Å². The van der Waals surface area contributed by atoms with Crippen LogP contribution in [0.15, 0.2) is 42.6 Å². The first-order valence-electron chi connectivity index (χ1n) is 11.7. The van der Waals surface area contributed by atoms with Gasteiger partial charge in [-0.15, -0.1) is 10.2 Å². The molecule has 0 N–H and O–H groups in total. The molecule has 2 aromatic heterocycles.